The lowest BCUT2D eigenvalue weighted by Gasteiger charge is -2.17. The Balaban J connectivity index is 3.33. The maximum Gasteiger partial charge on any atom is 0.416 e. The van der Waals surface area contributed by atoms with Crippen molar-refractivity contribution in [3.05, 3.63) is 39.8 Å². The third-order valence-electron chi connectivity index (χ3n) is 2.37. The van der Waals surface area contributed by atoms with Crippen LogP contribution in [0, 0.1) is 11.8 Å². The summed E-state index contributed by atoms with van der Waals surface area (Å²) in [6, 6.07) is 2.61. The Morgan fingerprint density at radius 1 is 1.36 bits per heavy atom. The highest BCUT2D eigenvalue weighted by molar-refractivity contribution is 5.67. The van der Waals surface area contributed by atoms with Crippen LogP contribution in [0.3, 0.4) is 0 Å². The maximum absolute atomic E-state index is 12.7. The van der Waals surface area contributed by atoms with Crippen LogP contribution in [-0.2, 0) is 15.7 Å². The Hall–Kier alpha value is -2.65. The van der Waals surface area contributed by atoms with Crippen LogP contribution in [0.2, 0.25) is 0 Å². The molecule has 1 aromatic carbocycles. The van der Waals surface area contributed by atoms with E-state index in [1.165, 1.54) is 20.8 Å². The van der Waals surface area contributed by atoms with E-state index in [1.54, 1.807) is 0 Å². The standard InChI is InChI=1S/C14H12F3N3O2/c1-9(21)22-13(2,3)7-6-10-8-11(14(15,16)17)4-5-12(10)19-20-18/h4-5,8H,1-3H3. The molecule has 0 N–H and O–H groups in total. The van der Waals surface area contributed by atoms with E-state index in [1.807, 2.05) is 0 Å². The molecule has 0 aliphatic rings. The topological polar surface area (TPSA) is 75.1 Å². The Bertz CT molecular complexity index is 694. The molecular weight excluding hydrogens is 299 g/mol. The molecule has 0 unspecified atom stereocenters. The van der Waals surface area contributed by atoms with Crippen molar-refractivity contribution >= 4 is 11.7 Å². The van der Waals surface area contributed by atoms with E-state index in [-0.39, 0.29) is 11.3 Å². The molecule has 8 heteroatoms. The first-order valence-corrected chi connectivity index (χ1v) is 6.04. The minimum atomic E-state index is -4.54. The van der Waals surface area contributed by atoms with E-state index in [0.717, 1.165) is 18.2 Å². The van der Waals surface area contributed by atoms with Crippen LogP contribution in [0.4, 0.5) is 18.9 Å². The van der Waals surface area contributed by atoms with Gasteiger partial charge >= 0.3 is 12.1 Å². The summed E-state index contributed by atoms with van der Waals surface area (Å²) in [4.78, 5) is 13.5. The van der Waals surface area contributed by atoms with Crippen molar-refractivity contribution in [2.24, 2.45) is 5.11 Å². The van der Waals surface area contributed by atoms with Crippen molar-refractivity contribution in [2.75, 3.05) is 0 Å². The lowest BCUT2D eigenvalue weighted by Crippen LogP contribution is -2.24. The Morgan fingerprint density at radius 3 is 2.50 bits per heavy atom. The fraction of sp³-hybridized carbons (Fsp3) is 0.357. The zero-order chi connectivity index (χ0) is 17.0. The van der Waals surface area contributed by atoms with Crippen molar-refractivity contribution in [3.63, 3.8) is 0 Å². The Morgan fingerprint density at radius 2 is 2.00 bits per heavy atom. The third kappa shape index (κ3) is 5.04. The first kappa shape index (κ1) is 17.4. The van der Waals surface area contributed by atoms with Crippen LogP contribution < -0.4 is 0 Å². The molecule has 0 aliphatic heterocycles. The fourth-order valence-electron chi connectivity index (χ4n) is 1.55. The van der Waals surface area contributed by atoms with Crippen molar-refractivity contribution in [1.82, 2.24) is 0 Å². The summed E-state index contributed by atoms with van der Waals surface area (Å²) in [6.45, 7) is 4.17. The van der Waals surface area contributed by atoms with Crippen LogP contribution in [0.15, 0.2) is 23.3 Å². The van der Waals surface area contributed by atoms with Gasteiger partial charge in [-0.1, -0.05) is 23.0 Å². The summed E-state index contributed by atoms with van der Waals surface area (Å²) in [6.07, 6.45) is -4.54. The summed E-state index contributed by atoms with van der Waals surface area (Å²) in [5, 5.41) is 3.29. The minimum Gasteiger partial charge on any atom is -0.447 e. The van der Waals surface area contributed by atoms with Crippen LogP contribution in [0.25, 0.3) is 10.4 Å². The van der Waals surface area contributed by atoms with Crippen LogP contribution in [0.1, 0.15) is 31.9 Å². The van der Waals surface area contributed by atoms with Crippen molar-refractivity contribution in [1.29, 1.82) is 0 Å². The molecule has 0 spiro atoms. The van der Waals surface area contributed by atoms with Crippen molar-refractivity contribution in [2.45, 2.75) is 32.5 Å². The highest BCUT2D eigenvalue weighted by Crippen LogP contribution is 2.32. The number of esters is 1. The van der Waals surface area contributed by atoms with Gasteiger partial charge in [0.1, 0.15) is 0 Å². The molecule has 0 saturated heterocycles. The molecule has 1 rings (SSSR count). The van der Waals surface area contributed by atoms with Gasteiger partial charge in [-0.05, 0) is 31.5 Å². The highest BCUT2D eigenvalue weighted by atomic mass is 19.4. The zero-order valence-corrected chi connectivity index (χ0v) is 12.0. The van der Waals surface area contributed by atoms with Gasteiger partial charge in [-0.2, -0.15) is 13.2 Å². The van der Waals surface area contributed by atoms with E-state index < -0.39 is 23.3 Å². The monoisotopic (exact) mass is 311 g/mol. The molecule has 0 saturated carbocycles. The summed E-state index contributed by atoms with van der Waals surface area (Å²) in [7, 11) is 0. The van der Waals surface area contributed by atoms with E-state index >= 15 is 0 Å². The van der Waals surface area contributed by atoms with E-state index in [4.69, 9.17) is 10.3 Å². The summed E-state index contributed by atoms with van der Waals surface area (Å²) >= 11 is 0. The number of hydrogen-bond acceptors (Lipinski definition) is 3. The molecule has 1 aromatic rings. The lowest BCUT2D eigenvalue weighted by molar-refractivity contribution is -0.149. The maximum atomic E-state index is 12.7. The summed E-state index contributed by atoms with van der Waals surface area (Å²) in [5.74, 6) is 4.43. The molecule has 5 nitrogen and oxygen atoms in total. The molecule has 0 amide bonds. The molecule has 0 fully saturated rings. The Kier molecular flexibility index (Phi) is 5.07. The molecule has 0 aliphatic carbocycles. The van der Waals surface area contributed by atoms with E-state index in [9.17, 15) is 18.0 Å². The number of nitrogens with zero attached hydrogens (tertiary/aromatic N) is 3. The molecule has 0 heterocycles. The van der Waals surface area contributed by atoms with Crippen LogP contribution in [-0.4, -0.2) is 11.6 Å². The molecule has 0 atom stereocenters. The largest absolute Gasteiger partial charge is 0.447 e. The number of alkyl halides is 3. The van der Waals surface area contributed by atoms with Gasteiger partial charge in [0.05, 0.1) is 11.3 Å². The smallest absolute Gasteiger partial charge is 0.416 e. The number of azide groups is 1. The van der Waals surface area contributed by atoms with Gasteiger partial charge in [-0.15, -0.1) is 0 Å². The molecule has 0 bridgehead atoms. The molecule has 0 radical (unpaired) electrons. The minimum absolute atomic E-state index is 0.0402. The van der Waals surface area contributed by atoms with Gasteiger partial charge in [-0.25, -0.2) is 0 Å². The number of carbonyl (C=O) groups excluding carboxylic acids is 1. The van der Waals surface area contributed by atoms with Crippen molar-refractivity contribution < 1.29 is 22.7 Å². The van der Waals surface area contributed by atoms with Crippen molar-refractivity contribution in [3.8, 4) is 11.8 Å². The second-order valence-corrected chi connectivity index (χ2v) is 4.77. The first-order chi connectivity index (χ1) is 10.0. The number of rotatable bonds is 2. The average molecular weight is 311 g/mol. The van der Waals surface area contributed by atoms with Gasteiger partial charge in [0.15, 0.2) is 5.60 Å². The predicted molar refractivity (Wildman–Crippen MR) is 73.0 cm³/mol. The zero-order valence-electron chi connectivity index (χ0n) is 12.0. The average Bonchev–Trinajstić information content (AvgIpc) is 2.35. The second-order valence-electron chi connectivity index (χ2n) is 4.77. The summed E-state index contributed by atoms with van der Waals surface area (Å²) < 4.78 is 43.1. The van der Waals surface area contributed by atoms with Gasteiger partial charge in [0.25, 0.3) is 0 Å². The highest BCUT2D eigenvalue weighted by Gasteiger charge is 2.30. The Labute approximate surface area is 124 Å². The number of benzene rings is 1. The normalized spacial score (nSPS) is 11.0. The number of halogens is 3. The number of hydrogen-bond donors (Lipinski definition) is 0. The third-order valence-corrected chi connectivity index (χ3v) is 2.37. The molecular formula is C14H12F3N3O2. The van der Waals surface area contributed by atoms with Crippen LogP contribution >= 0.6 is 0 Å². The quantitative estimate of drug-likeness (QED) is 0.268. The lowest BCUT2D eigenvalue weighted by atomic mass is 10.1. The van der Waals surface area contributed by atoms with Gasteiger partial charge in [0.2, 0.25) is 0 Å². The number of carbonyl (C=O) groups is 1. The van der Waals surface area contributed by atoms with Gasteiger partial charge < -0.3 is 4.74 Å². The summed E-state index contributed by atoms with van der Waals surface area (Å²) in [5.41, 5.74) is 6.19. The molecule has 0 aromatic heterocycles. The number of ether oxygens (including phenoxy) is 1. The van der Waals surface area contributed by atoms with Gasteiger partial charge in [0, 0.05) is 17.4 Å². The second kappa shape index (κ2) is 6.41. The van der Waals surface area contributed by atoms with Gasteiger partial charge in [-0.3, -0.25) is 4.79 Å². The SMILES string of the molecule is CC(=O)OC(C)(C)C#Cc1cc(C(F)(F)F)ccc1N=[N+]=[N-]. The van der Waals surface area contributed by atoms with E-state index in [2.05, 4.69) is 21.9 Å². The van der Waals surface area contributed by atoms with Crippen LogP contribution in [0.5, 0.6) is 0 Å². The molecule has 116 valence electrons. The predicted octanol–water partition coefficient (Wildman–Crippen LogP) is 4.34. The molecule has 22 heavy (non-hydrogen) atoms. The van der Waals surface area contributed by atoms with E-state index in [0.29, 0.717) is 0 Å². The fourth-order valence-corrected chi connectivity index (χ4v) is 1.55. The first-order valence-electron chi connectivity index (χ1n) is 6.04.